The second kappa shape index (κ2) is 4.72. The van der Waals surface area contributed by atoms with E-state index in [1.54, 1.807) is 11.3 Å². The van der Waals surface area contributed by atoms with E-state index in [1.807, 2.05) is 0 Å². The van der Waals surface area contributed by atoms with E-state index >= 15 is 0 Å². The lowest BCUT2D eigenvalue weighted by atomic mass is 10.2. The third-order valence-corrected chi connectivity index (χ3v) is 4.12. The molecule has 1 aromatic heterocycles. The molecule has 1 heterocycles. The molecule has 0 saturated heterocycles. The molecule has 1 fully saturated rings. The Labute approximate surface area is 108 Å². The lowest BCUT2D eigenvalue weighted by Gasteiger charge is -2.02. The van der Waals surface area contributed by atoms with Crippen molar-refractivity contribution in [1.82, 2.24) is 5.32 Å². The largest absolute Gasteiger partial charge is 0.351 e. The first kappa shape index (κ1) is 11.9. The molecule has 86 valence electrons. The van der Waals surface area contributed by atoms with E-state index < -0.39 is 0 Å². The maximum Gasteiger partial charge on any atom is 0.224 e. The minimum atomic E-state index is 0.150. The van der Waals surface area contributed by atoms with Gasteiger partial charge in [-0.05, 0) is 25.5 Å². The van der Waals surface area contributed by atoms with Crippen LogP contribution in [0.5, 0.6) is 0 Å². The highest BCUT2D eigenvalue weighted by Crippen LogP contribution is 2.49. The zero-order valence-electron chi connectivity index (χ0n) is 9.13. The number of rotatable bonds is 4. The van der Waals surface area contributed by atoms with Crippen molar-refractivity contribution in [3.63, 3.8) is 0 Å². The van der Waals surface area contributed by atoms with Gasteiger partial charge in [0.15, 0.2) is 0 Å². The van der Waals surface area contributed by atoms with Gasteiger partial charge in [-0.15, -0.1) is 11.3 Å². The molecule has 0 aliphatic heterocycles. The van der Waals surface area contributed by atoms with Gasteiger partial charge in [0, 0.05) is 32.6 Å². The molecule has 0 spiro atoms. The fourth-order valence-corrected chi connectivity index (χ4v) is 2.96. The van der Waals surface area contributed by atoms with Crippen molar-refractivity contribution in [3.05, 3.63) is 32.9 Å². The maximum atomic E-state index is 11.7. The van der Waals surface area contributed by atoms with Crippen molar-refractivity contribution in [2.24, 2.45) is 5.92 Å². The summed E-state index contributed by atoms with van der Waals surface area (Å²) >= 11 is 5.03. The number of nitrogens with one attached hydrogen (secondary N) is 1. The standard InChI is InChI=1S/C12H14BrNOS/c1-7(13)6-14-12(15)10-5-9(10)11-4-3-8(2)16-11/h3-4,9-10H,1,5-6H2,2H3,(H,14,15)/t9-,10+/m0/s1. The van der Waals surface area contributed by atoms with E-state index in [0.717, 1.165) is 10.9 Å². The molecular formula is C12H14BrNOS. The summed E-state index contributed by atoms with van der Waals surface area (Å²) in [6.45, 7) is 6.31. The summed E-state index contributed by atoms with van der Waals surface area (Å²) in [5, 5.41) is 2.87. The number of thiophene rings is 1. The molecule has 4 heteroatoms. The maximum absolute atomic E-state index is 11.7. The van der Waals surface area contributed by atoms with Crippen LogP contribution in [0.2, 0.25) is 0 Å². The van der Waals surface area contributed by atoms with Crippen molar-refractivity contribution in [1.29, 1.82) is 0 Å². The second-order valence-electron chi connectivity index (χ2n) is 4.13. The highest BCUT2D eigenvalue weighted by atomic mass is 79.9. The average molecular weight is 300 g/mol. The first-order chi connectivity index (χ1) is 7.58. The highest BCUT2D eigenvalue weighted by Gasteiger charge is 2.44. The Morgan fingerprint density at radius 2 is 2.44 bits per heavy atom. The van der Waals surface area contributed by atoms with Crippen molar-refractivity contribution < 1.29 is 4.79 Å². The molecule has 0 aromatic carbocycles. The van der Waals surface area contributed by atoms with Crippen molar-refractivity contribution in [2.75, 3.05) is 6.54 Å². The minimum Gasteiger partial charge on any atom is -0.351 e. The van der Waals surface area contributed by atoms with Gasteiger partial charge in [-0.2, -0.15) is 0 Å². The summed E-state index contributed by atoms with van der Waals surface area (Å²) in [5.74, 6) is 0.767. The Bertz CT molecular complexity index is 426. The molecular weight excluding hydrogens is 286 g/mol. The van der Waals surface area contributed by atoms with E-state index in [1.165, 1.54) is 9.75 Å². The topological polar surface area (TPSA) is 29.1 Å². The van der Waals surface area contributed by atoms with Crippen LogP contribution < -0.4 is 5.32 Å². The van der Waals surface area contributed by atoms with Crippen LogP contribution in [0, 0.1) is 12.8 Å². The number of halogens is 1. The van der Waals surface area contributed by atoms with Crippen LogP contribution in [-0.4, -0.2) is 12.5 Å². The summed E-state index contributed by atoms with van der Waals surface area (Å²) in [7, 11) is 0. The quantitative estimate of drug-likeness (QED) is 0.909. The van der Waals surface area contributed by atoms with Crippen molar-refractivity contribution >= 4 is 33.2 Å². The third kappa shape index (κ3) is 2.74. The monoisotopic (exact) mass is 299 g/mol. The van der Waals surface area contributed by atoms with Gasteiger partial charge in [0.1, 0.15) is 0 Å². The zero-order valence-corrected chi connectivity index (χ0v) is 11.5. The van der Waals surface area contributed by atoms with Crippen molar-refractivity contribution in [2.45, 2.75) is 19.3 Å². The predicted octanol–water partition coefficient (Wildman–Crippen LogP) is 3.18. The molecule has 16 heavy (non-hydrogen) atoms. The molecule has 0 radical (unpaired) electrons. The van der Waals surface area contributed by atoms with Crippen LogP contribution in [-0.2, 0) is 4.79 Å². The number of hydrogen-bond acceptors (Lipinski definition) is 2. The normalized spacial score (nSPS) is 22.9. The van der Waals surface area contributed by atoms with E-state index in [4.69, 9.17) is 0 Å². The summed E-state index contributed by atoms with van der Waals surface area (Å²) in [4.78, 5) is 14.4. The Kier molecular flexibility index (Phi) is 3.50. The number of carbonyl (C=O) groups is 1. The molecule has 2 rings (SSSR count). The summed E-state index contributed by atoms with van der Waals surface area (Å²) in [5.41, 5.74) is 0. The van der Waals surface area contributed by atoms with Crippen LogP contribution in [0.25, 0.3) is 0 Å². The van der Waals surface area contributed by atoms with E-state index in [-0.39, 0.29) is 11.8 Å². The van der Waals surface area contributed by atoms with Gasteiger partial charge < -0.3 is 5.32 Å². The van der Waals surface area contributed by atoms with Crippen LogP contribution >= 0.6 is 27.3 Å². The van der Waals surface area contributed by atoms with Gasteiger partial charge in [-0.25, -0.2) is 0 Å². The smallest absolute Gasteiger partial charge is 0.224 e. The number of aryl methyl sites for hydroxylation is 1. The number of carbonyl (C=O) groups excluding carboxylic acids is 1. The minimum absolute atomic E-state index is 0.150. The molecule has 0 bridgehead atoms. The molecule has 2 nitrogen and oxygen atoms in total. The average Bonchev–Trinajstić information content (AvgIpc) is 2.92. The molecule has 0 unspecified atom stereocenters. The van der Waals surface area contributed by atoms with E-state index in [9.17, 15) is 4.79 Å². The predicted molar refractivity (Wildman–Crippen MR) is 71.0 cm³/mol. The Hall–Kier alpha value is -0.610. The first-order valence-electron chi connectivity index (χ1n) is 5.25. The summed E-state index contributed by atoms with van der Waals surface area (Å²) in [6.07, 6.45) is 0.987. The van der Waals surface area contributed by atoms with Gasteiger partial charge in [-0.3, -0.25) is 4.79 Å². The molecule has 1 aromatic rings. The Morgan fingerprint density at radius 1 is 1.69 bits per heavy atom. The van der Waals surface area contributed by atoms with Crippen molar-refractivity contribution in [3.8, 4) is 0 Å². The summed E-state index contributed by atoms with van der Waals surface area (Å²) < 4.78 is 0.810. The van der Waals surface area contributed by atoms with E-state index in [0.29, 0.717) is 12.5 Å². The van der Waals surface area contributed by atoms with Gasteiger partial charge in [-0.1, -0.05) is 22.5 Å². The highest BCUT2D eigenvalue weighted by molar-refractivity contribution is 9.11. The summed E-state index contributed by atoms with van der Waals surface area (Å²) in [6, 6.07) is 4.26. The first-order valence-corrected chi connectivity index (χ1v) is 6.86. The third-order valence-electron chi connectivity index (χ3n) is 2.71. The Balaban J connectivity index is 1.86. The molecule has 2 atom stereocenters. The molecule has 1 saturated carbocycles. The lowest BCUT2D eigenvalue weighted by Crippen LogP contribution is -2.26. The van der Waals surface area contributed by atoms with Gasteiger partial charge in [0.25, 0.3) is 0 Å². The van der Waals surface area contributed by atoms with Crippen LogP contribution in [0.3, 0.4) is 0 Å². The SMILES string of the molecule is C=C(Br)CNC(=O)[C@@H]1C[C@@H]1c1ccc(C)s1. The fraction of sp³-hybridized carbons (Fsp3) is 0.417. The molecule has 1 amide bonds. The number of hydrogen-bond donors (Lipinski definition) is 1. The zero-order chi connectivity index (χ0) is 11.7. The van der Waals surface area contributed by atoms with Gasteiger partial charge in [0.05, 0.1) is 0 Å². The molecule has 1 aliphatic rings. The second-order valence-corrected chi connectivity index (χ2v) is 6.57. The Morgan fingerprint density at radius 3 is 3.00 bits per heavy atom. The van der Waals surface area contributed by atoms with Crippen LogP contribution in [0.15, 0.2) is 23.2 Å². The van der Waals surface area contributed by atoms with Crippen LogP contribution in [0.1, 0.15) is 22.1 Å². The molecule has 1 aliphatic carbocycles. The van der Waals surface area contributed by atoms with Crippen LogP contribution in [0.4, 0.5) is 0 Å². The number of amides is 1. The fourth-order valence-electron chi connectivity index (χ4n) is 1.77. The van der Waals surface area contributed by atoms with Gasteiger partial charge in [0.2, 0.25) is 5.91 Å². The van der Waals surface area contributed by atoms with Gasteiger partial charge >= 0.3 is 0 Å². The molecule has 1 N–H and O–H groups in total. The van der Waals surface area contributed by atoms with E-state index in [2.05, 4.69) is 46.9 Å². The lowest BCUT2D eigenvalue weighted by molar-refractivity contribution is -0.122.